The minimum absolute atomic E-state index is 0.564. The quantitative estimate of drug-likeness (QED) is 0.650. The summed E-state index contributed by atoms with van der Waals surface area (Å²) in [4.78, 5) is 2.59. The van der Waals surface area contributed by atoms with E-state index in [1.807, 2.05) is 0 Å². The molecule has 1 heteroatoms. The zero-order chi connectivity index (χ0) is 9.38. The first-order valence-electron chi connectivity index (χ1n) is 5.46. The lowest BCUT2D eigenvalue weighted by Crippen LogP contribution is -2.23. The van der Waals surface area contributed by atoms with Crippen molar-refractivity contribution in [1.82, 2.24) is 4.90 Å². The van der Waals surface area contributed by atoms with Gasteiger partial charge in [0.05, 0.1) is 6.04 Å². The molecule has 0 bridgehead atoms. The van der Waals surface area contributed by atoms with Gasteiger partial charge in [0.25, 0.3) is 0 Å². The summed E-state index contributed by atoms with van der Waals surface area (Å²) in [6, 6.07) is 9.30. The summed E-state index contributed by atoms with van der Waals surface area (Å²) < 4.78 is 0. The van der Waals surface area contributed by atoms with Crippen molar-refractivity contribution in [2.45, 2.75) is 18.9 Å². The molecule has 1 nitrogen and oxygen atoms in total. The molecule has 72 valence electrons. The molecule has 1 aliphatic carbocycles. The van der Waals surface area contributed by atoms with Gasteiger partial charge in [-0.3, -0.25) is 4.90 Å². The summed E-state index contributed by atoms with van der Waals surface area (Å²) in [5.41, 5.74) is 2.90. The molecule has 1 aromatic rings. The van der Waals surface area contributed by atoms with Crippen molar-refractivity contribution in [3.8, 4) is 0 Å². The van der Waals surface area contributed by atoms with Crippen molar-refractivity contribution in [2.24, 2.45) is 0 Å². The van der Waals surface area contributed by atoms with Crippen LogP contribution in [-0.4, -0.2) is 18.0 Å². The van der Waals surface area contributed by atoms with Gasteiger partial charge in [0, 0.05) is 0 Å². The fourth-order valence-corrected chi connectivity index (χ4v) is 2.57. The van der Waals surface area contributed by atoms with Gasteiger partial charge in [-0.2, -0.15) is 0 Å². The Balaban J connectivity index is 1.93. The van der Waals surface area contributed by atoms with Crippen molar-refractivity contribution >= 4 is 6.08 Å². The van der Waals surface area contributed by atoms with E-state index in [0.717, 1.165) is 0 Å². The van der Waals surface area contributed by atoms with Crippen molar-refractivity contribution in [3.63, 3.8) is 0 Å². The highest BCUT2D eigenvalue weighted by molar-refractivity contribution is 5.61. The highest BCUT2D eigenvalue weighted by Gasteiger charge is 2.25. The maximum Gasteiger partial charge on any atom is 0.0540 e. The van der Waals surface area contributed by atoms with Gasteiger partial charge in [-0.05, 0) is 37.1 Å². The van der Waals surface area contributed by atoms with Crippen LogP contribution < -0.4 is 0 Å². The van der Waals surface area contributed by atoms with E-state index in [4.69, 9.17) is 0 Å². The van der Waals surface area contributed by atoms with Gasteiger partial charge < -0.3 is 0 Å². The number of hydrogen-bond donors (Lipinski definition) is 0. The van der Waals surface area contributed by atoms with E-state index in [-0.39, 0.29) is 0 Å². The van der Waals surface area contributed by atoms with Crippen molar-refractivity contribution < 1.29 is 0 Å². The lowest BCUT2D eigenvalue weighted by molar-refractivity contribution is 0.291. The molecule has 1 saturated heterocycles. The van der Waals surface area contributed by atoms with Crippen LogP contribution in [-0.2, 0) is 0 Å². The van der Waals surface area contributed by atoms with Crippen LogP contribution in [0.5, 0.6) is 0 Å². The smallest absolute Gasteiger partial charge is 0.0540 e. The molecule has 1 heterocycles. The Morgan fingerprint density at radius 1 is 1.07 bits per heavy atom. The summed E-state index contributed by atoms with van der Waals surface area (Å²) in [6.45, 7) is 2.53. The topological polar surface area (TPSA) is 3.24 Å². The average molecular weight is 185 g/mol. The summed E-state index contributed by atoms with van der Waals surface area (Å²) >= 11 is 0. The molecule has 0 saturated carbocycles. The number of hydrogen-bond acceptors (Lipinski definition) is 1. The molecule has 1 unspecified atom stereocenters. The molecule has 0 aromatic heterocycles. The molecule has 14 heavy (non-hydrogen) atoms. The fourth-order valence-electron chi connectivity index (χ4n) is 2.57. The van der Waals surface area contributed by atoms with Gasteiger partial charge in [0.15, 0.2) is 0 Å². The number of benzene rings is 1. The van der Waals surface area contributed by atoms with Gasteiger partial charge in [0.2, 0.25) is 0 Å². The molecule has 0 N–H and O–H groups in total. The van der Waals surface area contributed by atoms with E-state index >= 15 is 0 Å². The normalized spacial score (nSPS) is 25.6. The summed E-state index contributed by atoms with van der Waals surface area (Å²) in [5, 5.41) is 0. The number of fused-ring (bicyclic) bond motifs is 1. The first-order valence-corrected chi connectivity index (χ1v) is 5.46. The average Bonchev–Trinajstić information content (AvgIpc) is 2.85. The third-order valence-corrected chi connectivity index (χ3v) is 3.31. The van der Waals surface area contributed by atoms with E-state index in [1.54, 1.807) is 0 Å². The van der Waals surface area contributed by atoms with Gasteiger partial charge in [-0.1, -0.05) is 36.4 Å². The second-order valence-electron chi connectivity index (χ2n) is 4.18. The van der Waals surface area contributed by atoms with E-state index in [1.165, 1.54) is 37.1 Å². The molecular formula is C13H15N. The monoisotopic (exact) mass is 185 g/mol. The fraction of sp³-hybridized carbons (Fsp3) is 0.385. The molecule has 3 rings (SSSR count). The Kier molecular flexibility index (Phi) is 1.91. The van der Waals surface area contributed by atoms with Crippen LogP contribution in [0, 0.1) is 0 Å². The van der Waals surface area contributed by atoms with Crippen LogP contribution >= 0.6 is 0 Å². The Morgan fingerprint density at radius 2 is 1.86 bits per heavy atom. The second-order valence-corrected chi connectivity index (χ2v) is 4.18. The SMILES string of the molecule is C1=CC(N2CCCC2)c2ccccc21. The standard InChI is InChI=1S/C13H15N/c1-2-6-12-11(5-1)7-8-13(12)14-9-3-4-10-14/h1-2,5-8,13H,3-4,9-10H2. The first kappa shape index (κ1) is 8.25. The van der Waals surface area contributed by atoms with Gasteiger partial charge >= 0.3 is 0 Å². The van der Waals surface area contributed by atoms with Crippen molar-refractivity contribution in [1.29, 1.82) is 0 Å². The third kappa shape index (κ3) is 1.20. The molecule has 0 spiro atoms. The van der Waals surface area contributed by atoms with Gasteiger partial charge in [-0.15, -0.1) is 0 Å². The molecule has 1 atom stereocenters. The highest BCUT2D eigenvalue weighted by Crippen LogP contribution is 2.34. The van der Waals surface area contributed by atoms with Crippen LogP contribution in [0.15, 0.2) is 30.3 Å². The molecule has 2 aliphatic rings. The molecular weight excluding hydrogens is 170 g/mol. The highest BCUT2D eigenvalue weighted by atomic mass is 15.2. The first-order chi connectivity index (χ1) is 6.95. The van der Waals surface area contributed by atoms with Gasteiger partial charge in [0.1, 0.15) is 0 Å². The Morgan fingerprint density at radius 3 is 2.71 bits per heavy atom. The summed E-state index contributed by atoms with van der Waals surface area (Å²) in [6.07, 6.45) is 7.34. The van der Waals surface area contributed by atoms with E-state index < -0.39 is 0 Å². The lowest BCUT2D eigenvalue weighted by atomic mass is 10.1. The lowest BCUT2D eigenvalue weighted by Gasteiger charge is -2.22. The summed E-state index contributed by atoms with van der Waals surface area (Å²) in [7, 11) is 0. The number of rotatable bonds is 1. The zero-order valence-electron chi connectivity index (χ0n) is 8.32. The van der Waals surface area contributed by atoms with E-state index in [2.05, 4.69) is 41.3 Å². The maximum atomic E-state index is 2.59. The third-order valence-electron chi connectivity index (χ3n) is 3.31. The minimum Gasteiger partial charge on any atom is -0.293 e. The molecule has 0 amide bonds. The van der Waals surface area contributed by atoms with Crippen LogP contribution in [0.3, 0.4) is 0 Å². The van der Waals surface area contributed by atoms with E-state index in [9.17, 15) is 0 Å². The minimum atomic E-state index is 0.564. The van der Waals surface area contributed by atoms with Crippen LogP contribution in [0.4, 0.5) is 0 Å². The van der Waals surface area contributed by atoms with Crippen LogP contribution in [0.25, 0.3) is 6.08 Å². The van der Waals surface area contributed by atoms with Crippen molar-refractivity contribution in [3.05, 3.63) is 41.5 Å². The number of likely N-dealkylation sites (tertiary alicyclic amines) is 1. The molecule has 0 radical (unpaired) electrons. The second kappa shape index (κ2) is 3.25. The largest absolute Gasteiger partial charge is 0.293 e. The maximum absolute atomic E-state index is 2.59. The van der Waals surface area contributed by atoms with Crippen molar-refractivity contribution in [2.75, 3.05) is 13.1 Å². The Labute approximate surface area is 85.0 Å². The van der Waals surface area contributed by atoms with Crippen LogP contribution in [0.2, 0.25) is 0 Å². The molecule has 1 fully saturated rings. The summed E-state index contributed by atoms with van der Waals surface area (Å²) in [5.74, 6) is 0. The van der Waals surface area contributed by atoms with Crippen LogP contribution in [0.1, 0.15) is 30.0 Å². The molecule has 1 aliphatic heterocycles. The Bertz CT molecular complexity index is 361. The predicted molar refractivity (Wildman–Crippen MR) is 59.0 cm³/mol. The molecule has 1 aromatic carbocycles. The van der Waals surface area contributed by atoms with Gasteiger partial charge in [-0.25, -0.2) is 0 Å². The Hall–Kier alpha value is -1.08. The number of nitrogens with zero attached hydrogens (tertiary/aromatic N) is 1. The van der Waals surface area contributed by atoms with E-state index in [0.29, 0.717) is 6.04 Å². The zero-order valence-corrected chi connectivity index (χ0v) is 8.32. The predicted octanol–water partition coefficient (Wildman–Crippen LogP) is 2.85.